The highest BCUT2D eigenvalue weighted by atomic mass is 32.2. The van der Waals surface area contributed by atoms with Gasteiger partial charge >= 0.3 is 0 Å². The molecule has 0 amide bonds. The van der Waals surface area contributed by atoms with Crippen molar-refractivity contribution in [3.63, 3.8) is 0 Å². The summed E-state index contributed by atoms with van der Waals surface area (Å²) >= 11 is 0. The van der Waals surface area contributed by atoms with E-state index >= 15 is 0 Å². The molecule has 0 fully saturated rings. The third-order valence-corrected chi connectivity index (χ3v) is 4.12. The number of hydrogen-bond donors (Lipinski definition) is 3. The van der Waals surface area contributed by atoms with E-state index < -0.39 is 20.0 Å². The molecule has 2 rings (SSSR count). The maximum Gasteiger partial charge on any atom is 0.278 e. The summed E-state index contributed by atoms with van der Waals surface area (Å²) in [6.45, 7) is 0. The first kappa shape index (κ1) is 14.3. The van der Waals surface area contributed by atoms with Crippen LogP contribution in [0, 0.1) is 0 Å². The minimum Gasteiger partial charge on any atom is -0.282 e. The first-order chi connectivity index (χ1) is 9.28. The fourth-order valence-electron chi connectivity index (χ4n) is 1.45. The average Bonchev–Trinajstić information content (AvgIpc) is 2.83. The van der Waals surface area contributed by atoms with E-state index in [4.69, 9.17) is 0 Å². The fourth-order valence-corrected chi connectivity index (χ4v) is 3.02. The number of aromatic nitrogens is 2. The van der Waals surface area contributed by atoms with Crippen molar-refractivity contribution in [2.24, 2.45) is 0 Å². The summed E-state index contributed by atoms with van der Waals surface area (Å²) in [6, 6.07) is 7.35. The first-order valence-electron chi connectivity index (χ1n) is 5.37. The summed E-state index contributed by atoms with van der Waals surface area (Å²) in [4.78, 5) is 0. The van der Waals surface area contributed by atoms with E-state index in [9.17, 15) is 16.8 Å². The lowest BCUT2D eigenvalue weighted by atomic mass is 10.3. The SMILES string of the molecule is CS(=O)(=O)Nc1ccccc1NS(=O)(=O)c1ccn[nH]1. The minimum atomic E-state index is -3.85. The Labute approximate surface area is 116 Å². The average molecular weight is 316 g/mol. The van der Waals surface area contributed by atoms with Gasteiger partial charge in [0.2, 0.25) is 10.0 Å². The van der Waals surface area contributed by atoms with Gasteiger partial charge in [-0.25, -0.2) is 8.42 Å². The summed E-state index contributed by atoms with van der Waals surface area (Å²) in [6.07, 6.45) is 2.28. The van der Waals surface area contributed by atoms with Crippen molar-refractivity contribution in [3.8, 4) is 0 Å². The number of nitrogens with one attached hydrogen (secondary N) is 3. The van der Waals surface area contributed by atoms with Crippen molar-refractivity contribution in [2.45, 2.75) is 5.03 Å². The van der Waals surface area contributed by atoms with E-state index in [-0.39, 0.29) is 16.4 Å². The molecular weight excluding hydrogens is 304 g/mol. The molecule has 8 nitrogen and oxygen atoms in total. The molecule has 1 aromatic carbocycles. The zero-order chi connectivity index (χ0) is 14.8. The van der Waals surface area contributed by atoms with Crippen LogP contribution in [0.4, 0.5) is 11.4 Å². The summed E-state index contributed by atoms with van der Waals surface area (Å²) in [5.41, 5.74) is 0.255. The second-order valence-electron chi connectivity index (χ2n) is 3.95. The summed E-state index contributed by atoms with van der Waals surface area (Å²) < 4.78 is 51.1. The molecule has 108 valence electrons. The lowest BCUT2D eigenvalue weighted by Gasteiger charge is -2.12. The molecule has 0 aliphatic rings. The summed E-state index contributed by atoms with van der Waals surface area (Å²) in [5.74, 6) is 0. The Kier molecular flexibility index (Phi) is 3.68. The molecule has 0 saturated carbocycles. The Balaban J connectivity index is 2.35. The highest BCUT2D eigenvalue weighted by molar-refractivity contribution is 7.93. The highest BCUT2D eigenvalue weighted by Gasteiger charge is 2.17. The molecule has 0 bridgehead atoms. The van der Waals surface area contributed by atoms with Crippen molar-refractivity contribution in [3.05, 3.63) is 36.5 Å². The number of para-hydroxylation sites is 2. The molecule has 0 radical (unpaired) electrons. The molecule has 0 saturated heterocycles. The number of rotatable bonds is 5. The smallest absolute Gasteiger partial charge is 0.278 e. The van der Waals surface area contributed by atoms with Crippen LogP contribution < -0.4 is 9.44 Å². The maximum atomic E-state index is 12.0. The van der Waals surface area contributed by atoms with Crippen LogP contribution in [0.1, 0.15) is 0 Å². The van der Waals surface area contributed by atoms with Crippen LogP contribution in [-0.4, -0.2) is 33.3 Å². The monoisotopic (exact) mass is 316 g/mol. The van der Waals surface area contributed by atoms with E-state index in [1.165, 1.54) is 24.4 Å². The van der Waals surface area contributed by atoms with Gasteiger partial charge < -0.3 is 0 Å². The predicted octanol–water partition coefficient (Wildman–Crippen LogP) is 0.582. The Morgan fingerprint density at radius 3 is 2.10 bits per heavy atom. The fraction of sp³-hybridized carbons (Fsp3) is 0.100. The van der Waals surface area contributed by atoms with E-state index in [1.807, 2.05) is 0 Å². The van der Waals surface area contributed by atoms with E-state index in [2.05, 4.69) is 19.6 Å². The van der Waals surface area contributed by atoms with Crippen molar-refractivity contribution in [2.75, 3.05) is 15.7 Å². The standard InChI is InChI=1S/C10H12N4O4S2/c1-19(15,16)13-8-4-2-3-5-9(8)14-20(17,18)10-6-7-11-12-10/h2-7,13-14H,1H3,(H,11,12). The van der Waals surface area contributed by atoms with Crippen LogP contribution in [0.25, 0.3) is 0 Å². The molecule has 3 N–H and O–H groups in total. The van der Waals surface area contributed by atoms with Gasteiger partial charge in [-0.2, -0.15) is 13.5 Å². The number of anilines is 2. The predicted molar refractivity (Wildman–Crippen MR) is 74.3 cm³/mol. The molecular formula is C10H12N4O4S2. The van der Waals surface area contributed by atoms with E-state index in [0.717, 1.165) is 6.26 Å². The number of aromatic amines is 1. The van der Waals surface area contributed by atoms with Gasteiger partial charge in [-0.3, -0.25) is 14.5 Å². The third kappa shape index (κ3) is 3.48. The summed E-state index contributed by atoms with van der Waals surface area (Å²) in [5, 5.41) is 5.76. The van der Waals surface area contributed by atoms with E-state index in [0.29, 0.717) is 0 Å². The van der Waals surface area contributed by atoms with Crippen LogP contribution in [-0.2, 0) is 20.0 Å². The Morgan fingerprint density at radius 2 is 1.60 bits per heavy atom. The van der Waals surface area contributed by atoms with Gasteiger partial charge in [0.15, 0.2) is 5.03 Å². The van der Waals surface area contributed by atoms with Gasteiger partial charge in [0.1, 0.15) is 0 Å². The Hall–Kier alpha value is -2.07. The van der Waals surface area contributed by atoms with Crippen LogP contribution >= 0.6 is 0 Å². The van der Waals surface area contributed by atoms with Gasteiger partial charge in [0, 0.05) is 0 Å². The number of hydrogen-bond acceptors (Lipinski definition) is 5. The number of benzene rings is 1. The van der Waals surface area contributed by atoms with Crippen LogP contribution in [0.5, 0.6) is 0 Å². The van der Waals surface area contributed by atoms with Crippen molar-refractivity contribution >= 4 is 31.4 Å². The molecule has 0 atom stereocenters. The normalized spacial score (nSPS) is 12.1. The molecule has 0 aliphatic heterocycles. The molecule has 1 aromatic heterocycles. The first-order valence-corrected chi connectivity index (χ1v) is 8.74. The topological polar surface area (TPSA) is 121 Å². The molecule has 1 heterocycles. The Bertz CT molecular complexity index is 798. The lowest BCUT2D eigenvalue weighted by Crippen LogP contribution is -2.16. The largest absolute Gasteiger partial charge is 0.282 e. The van der Waals surface area contributed by atoms with Crippen molar-refractivity contribution in [1.29, 1.82) is 0 Å². The Morgan fingerprint density at radius 1 is 1.00 bits per heavy atom. The van der Waals surface area contributed by atoms with Crippen LogP contribution in [0.3, 0.4) is 0 Å². The van der Waals surface area contributed by atoms with Gasteiger partial charge in [-0.05, 0) is 18.2 Å². The quantitative estimate of drug-likeness (QED) is 0.745. The maximum absolute atomic E-state index is 12.0. The van der Waals surface area contributed by atoms with Gasteiger partial charge in [-0.15, -0.1) is 0 Å². The highest BCUT2D eigenvalue weighted by Crippen LogP contribution is 2.24. The van der Waals surface area contributed by atoms with Crippen LogP contribution in [0.2, 0.25) is 0 Å². The molecule has 0 unspecified atom stereocenters. The van der Waals surface area contributed by atoms with Gasteiger partial charge in [-0.1, -0.05) is 12.1 Å². The van der Waals surface area contributed by atoms with Gasteiger partial charge in [0.25, 0.3) is 10.0 Å². The molecule has 0 spiro atoms. The third-order valence-electron chi connectivity index (χ3n) is 2.23. The zero-order valence-corrected chi connectivity index (χ0v) is 12.0. The van der Waals surface area contributed by atoms with Crippen molar-refractivity contribution in [1.82, 2.24) is 10.2 Å². The second-order valence-corrected chi connectivity index (χ2v) is 7.35. The molecule has 20 heavy (non-hydrogen) atoms. The number of H-pyrrole nitrogens is 1. The van der Waals surface area contributed by atoms with E-state index in [1.54, 1.807) is 12.1 Å². The van der Waals surface area contributed by atoms with Gasteiger partial charge in [0.05, 0.1) is 23.8 Å². The number of sulfonamides is 2. The summed E-state index contributed by atoms with van der Waals surface area (Å²) in [7, 11) is -7.37. The van der Waals surface area contributed by atoms with Crippen LogP contribution in [0.15, 0.2) is 41.6 Å². The lowest BCUT2D eigenvalue weighted by molar-refractivity contribution is 0.596. The molecule has 0 aliphatic carbocycles. The zero-order valence-electron chi connectivity index (χ0n) is 10.4. The molecule has 10 heteroatoms. The second kappa shape index (κ2) is 5.13. The van der Waals surface area contributed by atoms with Crippen molar-refractivity contribution < 1.29 is 16.8 Å². The number of nitrogens with zero attached hydrogens (tertiary/aromatic N) is 1. The molecule has 2 aromatic rings. The minimum absolute atomic E-state index is 0.118.